The summed E-state index contributed by atoms with van der Waals surface area (Å²) in [5, 5.41) is 1.18. The summed E-state index contributed by atoms with van der Waals surface area (Å²) in [6.45, 7) is 11.3. The van der Waals surface area contributed by atoms with Crippen LogP contribution < -0.4 is 14.4 Å². The Bertz CT molecular complexity index is 1150. The monoisotopic (exact) mass is 447 g/mol. The molecule has 3 aromatic rings. The minimum Gasteiger partial charge on any atom is -0.497 e. The molecule has 33 heavy (non-hydrogen) atoms. The van der Waals surface area contributed by atoms with E-state index in [-0.39, 0.29) is 17.9 Å². The van der Waals surface area contributed by atoms with E-state index < -0.39 is 0 Å². The number of rotatable bonds is 5. The maximum absolute atomic E-state index is 12.9. The summed E-state index contributed by atoms with van der Waals surface area (Å²) in [4.78, 5) is 21.8. The lowest BCUT2D eigenvalue weighted by Crippen LogP contribution is -2.50. The molecule has 0 radical (unpaired) electrons. The number of aryl methyl sites for hydroxylation is 1. The number of hydrogen-bond acceptors (Lipinski definition) is 5. The second kappa shape index (κ2) is 9.30. The van der Waals surface area contributed by atoms with Crippen LogP contribution in [0.3, 0.4) is 0 Å². The van der Waals surface area contributed by atoms with Gasteiger partial charge in [-0.25, -0.2) is 4.98 Å². The number of carbonyl (C=O) groups is 1. The van der Waals surface area contributed by atoms with Gasteiger partial charge in [0.05, 0.1) is 12.6 Å². The van der Waals surface area contributed by atoms with Crippen LogP contribution in [0.25, 0.3) is 10.9 Å². The van der Waals surface area contributed by atoms with Gasteiger partial charge in [0, 0.05) is 37.1 Å². The number of para-hydroxylation sites is 1. The van der Waals surface area contributed by atoms with Crippen LogP contribution in [0.1, 0.15) is 31.9 Å². The number of pyridine rings is 1. The summed E-state index contributed by atoms with van der Waals surface area (Å²) in [7, 11) is 1.65. The molecule has 1 fully saturated rings. The maximum atomic E-state index is 12.9. The standard InChI is InChI=1S/C27H33N3O3/c1-19-16-25(28-23-9-7-6-8-21(19)23)29-12-14-30(15-13-29)26(31)18-33-24-11-10-20(32-5)17-22(24)27(2,3)4/h6-11,16-17H,12-15,18H2,1-5H3. The highest BCUT2D eigenvalue weighted by molar-refractivity contribution is 5.84. The second-order valence-electron chi connectivity index (χ2n) is 9.58. The zero-order valence-electron chi connectivity index (χ0n) is 20.2. The van der Waals surface area contributed by atoms with Gasteiger partial charge in [0.25, 0.3) is 5.91 Å². The lowest BCUT2D eigenvalue weighted by molar-refractivity contribution is -0.133. The molecule has 2 heterocycles. The third-order valence-corrected chi connectivity index (χ3v) is 6.21. The number of carbonyl (C=O) groups excluding carboxylic acids is 1. The van der Waals surface area contributed by atoms with Crippen molar-refractivity contribution in [1.82, 2.24) is 9.88 Å². The quantitative estimate of drug-likeness (QED) is 0.573. The molecular formula is C27H33N3O3. The number of methoxy groups -OCH3 is 1. The van der Waals surface area contributed by atoms with Crippen LogP contribution in [-0.2, 0) is 10.2 Å². The van der Waals surface area contributed by atoms with E-state index in [1.165, 1.54) is 10.9 Å². The zero-order chi connectivity index (χ0) is 23.6. The van der Waals surface area contributed by atoms with Crippen molar-refractivity contribution in [2.45, 2.75) is 33.1 Å². The summed E-state index contributed by atoms with van der Waals surface area (Å²) < 4.78 is 11.3. The van der Waals surface area contributed by atoms with Crippen LogP contribution in [-0.4, -0.2) is 55.7 Å². The number of anilines is 1. The molecule has 1 amide bonds. The van der Waals surface area contributed by atoms with E-state index in [0.717, 1.165) is 41.5 Å². The molecule has 0 saturated carbocycles. The molecular weight excluding hydrogens is 414 g/mol. The minimum atomic E-state index is -0.121. The molecule has 1 aliphatic heterocycles. The Labute approximate surface area is 196 Å². The number of nitrogens with zero attached hydrogens (tertiary/aromatic N) is 3. The fourth-order valence-electron chi connectivity index (χ4n) is 4.26. The average molecular weight is 448 g/mol. The fourth-order valence-corrected chi connectivity index (χ4v) is 4.26. The van der Waals surface area contributed by atoms with Crippen LogP contribution in [0.15, 0.2) is 48.5 Å². The molecule has 1 aliphatic rings. The molecule has 0 unspecified atom stereocenters. The third kappa shape index (κ3) is 5.05. The summed E-state index contributed by atoms with van der Waals surface area (Å²) in [5.41, 5.74) is 3.13. The van der Waals surface area contributed by atoms with Gasteiger partial charge < -0.3 is 19.3 Å². The van der Waals surface area contributed by atoms with E-state index in [1.807, 2.05) is 41.3 Å². The predicted octanol–water partition coefficient (Wildman–Crippen LogP) is 4.58. The van der Waals surface area contributed by atoms with Gasteiger partial charge in [-0.1, -0.05) is 39.0 Å². The number of amides is 1. The van der Waals surface area contributed by atoms with Crippen LogP contribution in [0.4, 0.5) is 5.82 Å². The molecule has 4 rings (SSSR count). The highest BCUT2D eigenvalue weighted by Gasteiger charge is 2.24. The van der Waals surface area contributed by atoms with Crippen LogP contribution in [0.2, 0.25) is 0 Å². The molecule has 0 aliphatic carbocycles. The van der Waals surface area contributed by atoms with E-state index in [9.17, 15) is 4.79 Å². The van der Waals surface area contributed by atoms with Crippen molar-refractivity contribution in [3.63, 3.8) is 0 Å². The van der Waals surface area contributed by atoms with Crippen molar-refractivity contribution in [1.29, 1.82) is 0 Å². The molecule has 0 atom stereocenters. The number of hydrogen-bond donors (Lipinski definition) is 0. The van der Waals surface area contributed by atoms with Crippen molar-refractivity contribution in [3.8, 4) is 11.5 Å². The fraction of sp³-hybridized carbons (Fsp3) is 0.407. The average Bonchev–Trinajstić information content (AvgIpc) is 2.82. The van der Waals surface area contributed by atoms with Gasteiger partial charge in [-0.15, -0.1) is 0 Å². The lowest BCUT2D eigenvalue weighted by Gasteiger charge is -2.35. The van der Waals surface area contributed by atoms with Crippen LogP contribution >= 0.6 is 0 Å². The molecule has 6 nitrogen and oxygen atoms in total. The number of piperazine rings is 1. The Morgan fingerprint density at radius 3 is 2.45 bits per heavy atom. The van der Waals surface area contributed by atoms with Gasteiger partial charge >= 0.3 is 0 Å². The van der Waals surface area contributed by atoms with Gasteiger partial charge in [0.15, 0.2) is 6.61 Å². The van der Waals surface area contributed by atoms with Gasteiger partial charge in [0.1, 0.15) is 17.3 Å². The third-order valence-electron chi connectivity index (χ3n) is 6.21. The first-order valence-corrected chi connectivity index (χ1v) is 11.5. The van der Waals surface area contributed by atoms with Crippen molar-refractivity contribution >= 4 is 22.6 Å². The normalized spacial score (nSPS) is 14.5. The van der Waals surface area contributed by atoms with E-state index in [2.05, 4.69) is 44.7 Å². The van der Waals surface area contributed by atoms with Crippen molar-refractivity contribution in [2.24, 2.45) is 0 Å². The summed E-state index contributed by atoms with van der Waals surface area (Å²) in [6, 6.07) is 16.1. The first kappa shape index (κ1) is 22.9. The van der Waals surface area contributed by atoms with Crippen LogP contribution in [0, 0.1) is 6.92 Å². The summed E-state index contributed by atoms with van der Waals surface area (Å²) in [6.07, 6.45) is 0. The Balaban J connectivity index is 1.38. The Morgan fingerprint density at radius 1 is 1.03 bits per heavy atom. The highest BCUT2D eigenvalue weighted by atomic mass is 16.5. The molecule has 0 N–H and O–H groups in total. The Hall–Kier alpha value is -3.28. The SMILES string of the molecule is COc1ccc(OCC(=O)N2CCN(c3cc(C)c4ccccc4n3)CC2)c(C(C)(C)C)c1. The zero-order valence-corrected chi connectivity index (χ0v) is 20.2. The van der Waals surface area contributed by atoms with E-state index in [0.29, 0.717) is 13.1 Å². The minimum absolute atomic E-state index is 0.00739. The van der Waals surface area contributed by atoms with E-state index in [1.54, 1.807) is 7.11 Å². The Morgan fingerprint density at radius 2 is 1.76 bits per heavy atom. The largest absolute Gasteiger partial charge is 0.497 e. The number of fused-ring (bicyclic) bond motifs is 1. The first-order chi connectivity index (χ1) is 15.8. The summed E-state index contributed by atoms with van der Waals surface area (Å²) >= 11 is 0. The van der Waals surface area contributed by atoms with Crippen molar-refractivity contribution < 1.29 is 14.3 Å². The number of benzene rings is 2. The first-order valence-electron chi connectivity index (χ1n) is 11.5. The molecule has 174 valence electrons. The predicted molar refractivity (Wildman–Crippen MR) is 132 cm³/mol. The molecule has 2 aromatic carbocycles. The molecule has 0 spiro atoms. The smallest absolute Gasteiger partial charge is 0.260 e. The van der Waals surface area contributed by atoms with Crippen molar-refractivity contribution in [3.05, 3.63) is 59.7 Å². The lowest BCUT2D eigenvalue weighted by atomic mass is 9.86. The van der Waals surface area contributed by atoms with E-state index >= 15 is 0 Å². The molecule has 6 heteroatoms. The molecule has 0 bridgehead atoms. The second-order valence-corrected chi connectivity index (χ2v) is 9.58. The Kier molecular flexibility index (Phi) is 6.45. The maximum Gasteiger partial charge on any atom is 0.260 e. The highest BCUT2D eigenvalue weighted by Crippen LogP contribution is 2.34. The number of ether oxygens (including phenoxy) is 2. The summed E-state index contributed by atoms with van der Waals surface area (Å²) in [5.74, 6) is 2.49. The molecule has 1 aromatic heterocycles. The van der Waals surface area contributed by atoms with E-state index in [4.69, 9.17) is 14.5 Å². The topological polar surface area (TPSA) is 54.9 Å². The van der Waals surface area contributed by atoms with Gasteiger partial charge in [-0.3, -0.25) is 4.79 Å². The number of aromatic nitrogens is 1. The van der Waals surface area contributed by atoms with Gasteiger partial charge in [0.2, 0.25) is 0 Å². The van der Waals surface area contributed by atoms with Crippen LogP contribution in [0.5, 0.6) is 11.5 Å². The van der Waals surface area contributed by atoms with Gasteiger partial charge in [-0.05, 0) is 48.2 Å². The molecule has 1 saturated heterocycles. The van der Waals surface area contributed by atoms with Crippen molar-refractivity contribution in [2.75, 3.05) is 44.8 Å². The van der Waals surface area contributed by atoms with Gasteiger partial charge in [-0.2, -0.15) is 0 Å².